The first-order valence-corrected chi connectivity index (χ1v) is 9.12. The Hall–Kier alpha value is -2.67. The number of amides is 2. The fourth-order valence-corrected chi connectivity index (χ4v) is 3.77. The normalized spacial score (nSPS) is 22.5. The average molecular weight is 389 g/mol. The molecule has 0 aliphatic carbocycles. The molecule has 2 aliphatic heterocycles. The van der Waals surface area contributed by atoms with E-state index in [1.54, 1.807) is 24.3 Å². The van der Waals surface area contributed by atoms with E-state index in [9.17, 15) is 22.8 Å². The maximum absolute atomic E-state index is 12.7. The van der Waals surface area contributed by atoms with E-state index in [1.165, 1.54) is 17.0 Å². The third-order valence-corrected chi connectivity index (χ3v) is 5.22. The van der Waals surface area contributed by atoms with Crippen LogP contribution in [0.5, 0.6) is 0 Å². The maximum Gasteiger partial charge on any atom is 0.416 e. The monoisotopic (exact) mass is 389 g/mol. The smallest absolute Gasteiger partial charge is 0.368 e. The van der Waals surface area contributed by atoms with Crippen LogP contribution >= 0.6 is 0 Å². The van der Waals surface area contributed by atoms with Crippen LogP contribution in [-0.4, -0.2) is 29.4 Å². The van der Waals surface area contributed by atoms with Gasteiger partial charge in [0.15, 0.2) is 0 Å². The minimum absolute atomic E-state index is 0.142. The van der Waals surface area contributed by atoms with E-state index < -0.39 is 11.7 Å². The second-order valence-electron chi connectivity index (χ2n) is 7.06. The van der Waals surface area contributed by atoms with Crippen molar-refractivity contribution in [3.63, 3.8) is 0 Å². The van der Waals surface area contributed by atoms with Gasteiger partial charge in [-0.15, -0.1) is 0 Å². The molecular weight excluding hydrogens is 371 g/mol. The Labute approximate surface area is 159 Å². The van der Waals surface area contributed by atoms with Gasteiger partial charge in [-0.3, -0.25) is 14.5 Å². The van der Waals surface area contributed by atoms with Crippen LogP contribution in [0.25, 0.3) is 0 Å². The highest BCUT2D eigenvalue weighted by atomic mass is 19.4. The highest BCUT2D eigenvalue weighted by molar-refractivity contribution is 6.21. The molecule has 2 aromatic carbocycles. The first kappa shape index (κ1) is 18.7. The summed E-state index contributed by atoms with van der Waals surface area (Å²) in [6, 6.07) is 11.6. The minimum Gasteiger partial charge on any atom is -0.368 e. The molecule has 0 aromatic heterocycles. The molecule has 2 amide bonds. The summed E-state index contributed by atoms with van der Waals surface area (Å²) in [7, 11) is 0. The Morgan fingerprint density at radius 1 is 0.929 bits per heavy atom. The molecule has 2 heterocycles. The molecule has 4 nitrogen and oxygen atoms in total. The molecule has 28 heavy (non-hydrogen) atoms. The van der Waals surface area contributed by atoms with Crippen molar-refractivity contribution >= 4 is 11.8 Å². The van der Waals surface area contributed by atoms with Gasteiger partial charge in [0.2, 0.25) is 0 Å². The summed E-state index contributed by atoms with van der Waals surface area (Å²) < 4.78 is 44.2. The molecule has 2 aromatic rings. The molecule has 0 spiro atoms. The van der Waals surface area contributed by atoms with Gasteiger partial charge in [0.05, 0.1) is 35.4 Å². The SMILES string of the molecule is O=C1c2ccccc2C(=O)N1CC1CCCC(c2ccc(C(F)(F)F)cc2)O1. The predicted octanol–water partition coefficient (Wildman–Crippen LogP) is 4.61. The summed E-state index contributed by atoms with van der Waals surface area (Å²) >= 11 is 0. The number of alkyl halides is 3. The van der Waals surface area contributed by atoms with Crippen LogP contribution in [0.15, 0.2) is 48.5 Å². The Bertz CT molecular complexity index is 873. The van der Waals surface area contributed by atoms with Crippen LogP contribution in [0.2, 0.25) is 0 Å². The number of halogens is 3. The van der Waals surface area contributed by atoms with Gasteiger partial charge in [-0.2, -0.15) is 13.2 Å². The fraction of sp³-hybridized carbons (Fsp3) is 0.333. The van der Waals surface area contributed by atoms with Gasteiger partial charge >= 0.3 is 6.18 Å². The van der Waals surface area contributed by atoms with Crippen LogP contribution in [0.3, 0.4) is 0 Å². The van der Waals surface area contributed by atoms with Gasteiger partial charge in [0.1, 0.15) is 0 Å². The zero-order valence-electron chi connectivity index (χ0n) is 14.9. The van der Waals surface area contributed by atoms with Gasteiger partial charge < -0.3 is 4.74 Å². The van der Waals surface area contributed by atoms with E-state index in [-0.39, 0.29) is 30.6 Å². The zero-order chi connectivity index (χ0) is 19.9. The predicted molar refractivity (Wildman–Crippen MR) is 94.7 cm³/mol. The van der Waals surface area contributed by atoms with E-state index in [1.807, 2.05) is 0 Å². The standard InChI is InChI=1S/C21H18F3NO3/c22-21(23,24)14-10-8-13(9-11-14)18-7-3-4-15(28-18)12-25-19(26)16-5-1-2-6-17(16)20(25)27/h1-2,5-6,8-11,15,18H,3-4,7,12H2. The van der Waals surface area contributed by atoms with Crippen molar-refractivity contribution in [3.05, 3.63) is 70.8 Å². The van der Waals surface area contributed by atoms with E-state index in [2.05, 4.69) is 0 Å². The van der Waals surface area contributed by atoms with Crippen LogP contribution in [0, 0.1) is 0 Å². The van der Waals surface area contributed by atoms with Crippen LogP contribution in [0.1, 0.15) is 57.2 Å². The Balaban J connectivity index is 1.45. The highest BCUT2D eigenvalue weighted by Crippen LogP contribution is 2.35. The summed E-state index contributed by atoms with van der Waals surface area (Å²) in [5.74, 6) is -0.665. The van der Waals surface area contributed by atoms with Gasteiger partial charge in [-0.1, -0.05) is 24.3 Å². The van der Waals surface area contributed by atoms with Gasteiger partial charge in [0, 0.05) is 0 Å². The van der Waals surface area contributed by atoms with Crippen LogP contribution in [0.4, 0.5) is 13.2 Å². The van der Waals surface area contributed by atoms with Crippen LogP contribution in [-0.2, 0) is 10.9 Å². The molecule has 146 valence electrons. The third kappa shape index (κ3) is 3.42. The number of carbonyl (C=O) groups is 2. The molecule has 0 saturated carbocycles. The number of imide groups is 1. The molecule has 0 bridgehead atoms. The lowest BCUT2D eigenvalue weighted by molar-refractivity contribution is -0.137. The minimum atomic E-state index is -4.38. The lowest BCUT2D eigenvalue weighted by atomic mass is 9.97. The fourth-order valence-electron chi connectivity index (χ4n) is 3.77. The topological polar surface area (TPSA) is 46.6 Å². The largest absolute Gasteiger partial charge is 0.416 e. The van der Waals surface area contributed by atoms with Crippen molar-refractivity contribution in [2.45, 2.75) is 37.6 Å². The van der Waals surface area contributed by atoms with Crippen molar-refractivity contribution in [2.75, 3.05) is 6.54 Å². The average Bonchev–Trinajstić information content (AvgIpc) is 2.93. The number of fused-ring (bicyclic) bond motifs is 1. The molecule has 7 heteroatoms. The number of rotatable bonds is 3. The van der Waals surface area contributed by atoms with Crippen LogP contribution < -0.4 is 0 Å². The van der Waals surface area contributed by atoms with E-state index in [4.69, 9.17) is 4.74 Å². The van der Waals surface area contributed by atoms with Gasteiger partial charge in [-0.05, 0) is 49.1 Å². The summed E-state index contributed by atoms with van der Waals surface area (Å²) in [4.78, 5) is 26.2. The highest BCUT2D eigenvalue weighted by Gasteiger charge is 2.38. The van der Waals surface area contributed by atoms with Gasteiger partial charge in [-0.25, -0.2) is 0 Å². The lowest BCUT2D eigenvalue weighted by Gasteiger charge is -2.32. The number of ether oxygens (including phenoxy) is 1. The van der Waals surface area contributed by atoms with Crippen molar-refractivity contribution in [3.8, 4) is 0 Å². The Morgan fingerprint density at radius 2 is 1.54 bits per heavy atom. The molecule has 4 rings (SSSR count). The molecule has 0 radical (unpaired) electrons. The summed E-state index contributed by atoms with van der Waals surface area (Å²) in [5.41, 5.74) is 0.750. The van der Waals surface area contributed by atoms with E-state index in [0.29, 0.717) is 29.5 Å². The number of nitrogens with zero attached hydrogens (tertiary/aromatic N) is 1. The summed E-state index contributed by atoms with van der Waals surface area (Å²) in [6.45, 7) is 0.142. The zero-order valence-corrected chi connectivity index (χ0v) is 14.9. The van der Waals surface area contributed by atoms with E-state index >= 15 is 0 Å². The molecular formula is C21H18F3NO3. The summed E-state index contributed by atoms with van der Waals surface area (Å²) in [6.07, 6.45) is -2.90. The number of hydrogen-bond acceptors (Lipinski definition) is 3. The molecule has 1 saturated heterocycles. The molecule has 1 fully saturated rings. The maximum atomic E-state index is 12.7. The molecule has 0 N–H and O–H groups in total. The molecule has 2 atom stereocenters. The molecule has 2 aliphatic rings. The second kappa shape index (κ2) is 7.05. The van der Waals surface area contributed by atoms with Crippen molar-refractivity contribution < 1.29 is 27.5 Å². The molecule has 2 unspecified atom stereocenters. The Kier molecular flexibility index (Phi) is 4.71. The first-order chi connectivity index (χ1) is 13.3. The van der Waals surface area contributed by atoms with E-state index in [0.717, 1.165) is 18.6 Å². The van der Waals surface area contributed by atoms with Crippen molar-refractivity contribution in [1.29, 1.82) is 0 Å². The quantitative estimate of drug-likeness (QED) is 0.720. The van der Waals surface area contributed by atoms with Crippen molar-refractivity contribution in [1.82, 2.24) is 4.90 Å². The second-order valence-corrected chi connectivity index (χ2v) is 7.06. The first-order valence-electron chi connectivity index (χ1n) is 9.12. The summed E-state index contributed by atoms with van der Waals surface area (Å²) in [5, 5.41) is 0. The van der Waals surface area contributed by atoms with Crippen molar-refractivity contribution in [2.24, 2.45) is 0 Å². The Morgan fingerprint density at radius 3 is 2.11 bits per heavy atom. The number of hydrogen-bond donors (Lipinski definition) is 0. The number of benzene rings is 2. The van der Waals surface area contributed by atoms with Gasteiger partial charge in [0.25, 0.3) is 11.8 Å². The third-order valence-electron chi connectivity index (χ3n) is 5.22. The lowest BCUT2D eigenvalue weighted by Crippen LogP contribution is -2.39. The number of carbonyl (C=O) groups excluding carboxylic acids is 2.